The highest BCUT2D eigenvalue weighted by Crippen LogP contribution is 2.28. The Labute approximate surface area is 162 Å². The monoisotopic (exact) mass is 378 g/mol. The summed E-state index contributed by atoms with van der Waals surface area (Å²) in [6, 6.07) is 8.43. The van der Waals surface area contributed by atoms with Gasteiger partial charge in [-0.25, -0.2) is 4.98 Å². The van der Waals surface area contributed by atoms with Crippen LogP contribution in [0.1, 0.15) is 42.2 Å². The van der Waals surface area contributed by atoms with Crippen LogP contribution in [-0.2, 0) is 11.2 Å². The Hall–Kier alpha value is -3.22. The van der Waals surface area contributed by atoms with Gasteiger partial charge in [0.15, 0.2) is 5.65 Å². The third-order valence-corrected chi connectivity index (χ3v) is 5.26. The van der Waals surface area contributed by atoms with Gasteiger partial charge in [0.1, 0.15) is 11.5 Å². The first-order valence-corrected chi connectivity index (χ1v) is 9.52. The van der Waals surface area contributed by atoms with Crippen LogP contribution in [0.3, 0.4) is 0 Å². The lowest BCUT2D eigenvalue weighted by Gasteiger charge is -2.12. The zero-order valence-electron chi connectivity index (χ0n) is 15.7. The number of nitrogens with one attached hydrogen (secondary N) is 2. The molecule has 1 aliphatic carbocycles. The highest BCUT2D eigenvalue weighted by Gasteiger charge is 2.24. The van der Waals surface area contributed by atoms with Crippen molar-refractivity contribution in [3.8, 4) is 17.0 Å². The van der Waals surface area contributed by atoms with Crippen LogP contribution in [0.15, 0.2) is 30.3 Å². The van der Waals surface area contributed by atoms with Crippen molar-refractivity contribution in [2.24, 2.45) is 5.92 Å². The van der Waals surface area contributed by atoms with Crippen LogP contribution in [0.5, 0.6) is 5.75 Å². The fourth-order valence-electron chi connectivity index (χ4n) is 3.70. The number of fused-ring (bicyclic) bond motifs is 1. The number of Topliss-reactive ketones (excluding diaryl/α,β-unsaturated/α-hetero) is 1. The fourth-order valence-corrected chi connectivity index (χ4v) is 3.70. The summed E-state index contributed by atoms with van der Waals surface area (Å²) in [7, 11) is 0. The first kappa shape index (κ1) is 18.2. The summed E-state index contributed by atoms with van der Waals surface area (Å²) in [5, 5.41) is 20.5. The number of aromatic amines is 1. The van der Waals surface area contributed by atoms with Crippen molar-refractivity contribution in [3.05, 3.63) is 41.6 Å². The molecule has 1 aromatic carbocycles. The molecule has 3 N–H and O–H groups in total. The van der Waals surface area contributed by atoms with Gasteiger partial charge in [0.05, 0.1) is 16.6 Å². The van der Waals surface area contributed by atoms with Gasteiger partial charge in [0.25, 0.3) is 5.91 Å². The second kappa shape index (κ2) is 7.42. The lowest BCUT2D eigenvalue weighted by molar-refractivity contribution is -0.117. The van der Waals surface area contributed by atoms with E-state index in [1.165, 1.54) is 0 Å². The van der Waals surface area contributed by atoms with Crippen molar-refractivity contribution in [1.82, 2.24) is 20.5 Å². The second-order valence-corrected chi connectivity index (χ2v) is 7.21. The van der Waals surface area contributed by atoms with E-state index in [1.807, 2.05) is 6.92 Å². The van der Waals surface area contributed by atoms with E-state index in [0.717, 1.165) is 23.1 Å². The minimum Gasteiger partial charge on any atom is -0.508 e. The minimum atomic E-state index is -0.192. The molecule has 0 saturated heterocycles. The summed E-state index contributed by atoms with van der Waals surface area (Å²) in [6.45, 7) is 2.48. The molecule has 1 fully saturated rings. The number of ketones is 1. The molecule has 2 aromatic heterocycles. The normalized spacial score (nSPS) is 16.6. The number of phenolic OH excluding ortho intramolecular Hbond substituents is 1. The molecule has 1 aliphatic rings. The number of nitrogens with zero attached hydrogens (tertiary/aromatic N) is 2. The number of hydrogen-bond acceptors (Lipinski definition) is 5. The molecule has 0 aliphatic heterocycles. The molecular formula is C21H22N4O3. The van der Waals surface area contributed by atoms with E-state index in [-0.39, 0.29) is 23.4 Å². The van der Waals surface area contributed by atoms with Crippen molar-refractivity contribution in [1.29, 1.82) is 0 Å². The molecule has 1 amide bonds. The largest absolute Gasteiger partial charge is 0.508 e. The van der Waals surface area contributed by atoms with Crippen LogP contribution < -0.4 is 5.32 Å². The third-order valence-electron chi connectivity index (χ3n) is 5.26. The molecule has 1 saturated carbocycles. The van der Waals surface area contributed by atoms with Gasteiger partial charge in [-0.05, 0) is 49.1 Å². The summed E-state index contributed by atoms with van der Waals surface area (Å²) < 4.78 is 0. The summed E-state index contributed by atoms with van der Waals surface area (Å²) in [5.41, 5.74) is 3.27. The van der Waals surface area contributed by atoms with E-state index in [2.05, 4.69) is 20.5 Å². The van der Waals surface area contributed by atoms with Gasteiger partial charge in [-0.15, -0.1) is 0 Å². The lowest BCUT2D eigenvalue weighted by Crippen LogP contribution is -2.28. The van der Waals surface area contributed by atoms with E-state index in [9.17, 15) is 14.7 Å². The lowest BCUT2D eigenvalue weighted by atomic mass is 10.0. The molecular weight excluding hydrogens is 356 g/mol. The van der Waals surface area contributed by atoms with Gasteiger partial charge >= 0.3 is 0 Å². The number of hydrogen-bond donors (Lipinski definition) is 3. The van der Waals surface area contributed by atoms with Crippen molar-refractivity contribution in [3.63, 3.8) is 0 Å². The molecule has 4 rings (SSSR count). The predicted molar refractivity (Wildman–Crippen MR) is 105 cm³/mol. The van der Waals surface area contributed by atoms with Crippen LogP contribution in [-0.4, -0.2) is 38.5 Å². The van der Waals surface area contributed by atoms with E-state index in [1.54, 1.807) is 30.3 Å². The number of amides is 1. The van der Waals surface area contributed by atoms with Crippen LogP contribution in [0.25, 0.3) is 22.3 Å². The molecule has 7 nitrogen and oxygen atoms in total. The Kier molecular flexibility index (Phi) is 4.81. The topological polar surface area (TPSA) is 108 Å². The quantitative estimate of drug-likeness (QED) is 0.632. The van der Waals surface area contributed by atoms with Gasteiger partial charge in [-0.2, -0.15) is 5.10 Å². The standard InChI is InChI=1S/C21H22N4O3/c1-2-17-19-16(21(28)22-11-12-3-6-15(27)9-12)10-18(23-20(19)25-24-17)13-4-7-14(26)8-5-13/h4-5,7-8,10,12,26H,2-3,6,9,11H2,1H3,(H,22,28)(H,23,24,25). The number of carbonyl (C=O) groups is 2. The summed E-state index contributed by atoms with van der Waals surface area (Å²) >= 11 is 0. The van der Waals surface area contributed by atoms with Gasteiger partial charge in [0, 0.05) is 30.6 Å². The van der Waals surface area contributed by atoms with Crippen molar-refractivity contribution in [2.45, 2.75) is 32.6 Å². The van der Waals surface area contributed by atoms with Crippen LogP contribution in [0, 0.1) is 5.92 Å². The van der Waals surface area contributed by atoms with Gasteiger partial charge in [0.2, 0.25) is 0 Å². The van der Waals surface area contributed by atoms with E-state index >= 15 is 0 Å². The number of aryl methyl sites for hydroxylation is 1. The molecule has 1 unspecified atom stereocenters. The predicted octanol–water partition coefficient (Wildman–Crippen LogP) is 2.99. The second-order valence-electron chi connectivity index (χ2n) is 7.21. The maximum Gasteiger partial charge on any atom is 0.252 e. The Morgan fingerprint density at radius 1 is 1.32 bits per heavy atom. The first-order valence-electron chi connectivity index (χ1n) is 9.52. The van der Waals surface area contributed by atoms with E-state index in [4.69, 9.17) is 0 Å². The maximum atomic E-state index is 13.0. The Balaban J connectivity index is 1.69. The number of rotatable bonds is 5. The van der Waals surface area contributed by atoms with E-state index in [0.29, 0.717) is 42.7 Å². The number of phenols is 1. The SMILES string of the molecule is CCc1[nH]nc2nc(-c3ccc(O)cc3)cc(C(=O)NCC3CCC(=O)C3)c12. The average molecular weight is 378 g/mol. The minimum absolute atomic E-state index is 0.168. The first-order chi connectivity index (χ1) is 13.5. The number of aromatic hydroxyl groups is 1. The summed E-state index contributed by atoms with van der Waals surface area (Å²) in [4.78, 5) is 29.0. The zero-order chi connectivity index (χ0) is 19.7. The molecule has 0 spiro atoms. The number of benzene rings is 1. The molecule has 0 radical (unpaired) electrons. The van der Waals surface area contributed by atoms with Crippen molar-refractivity contribution in [2.75, 3.05) is 6.54 Å². The number of pyridine rings is 1. The number of carbonyl (C=O) groups excluding carboxylic acids is 2. The zero-order valence-corrected chi connectivity index (χ0v) is 15.7. The Morgan fingerprint density at radius 3 is 2.79 bits per heavy atom. The average Bonchev–Trinajstić information content (AvgIpc) is 3.31. The van der Waals surface area contributed by atoms with Gasteiger partial charge < -0.3 is 10.4 Å². The number of aromatic nitrogens is 3. The summed E-state index contributed by atoms with van der Waals surface area (Å²) in [6.07, 6.45) is 2.67. The van der Waals surface area contributed by atoms with Crippen molar-refractivity contribution < 1.29 is 14.7 Å². The van der Waals surface area contributed by atoms with Crippen LogP contribution >= 0.6 is 0 Å². The molecule has 1 atom stereocenters. The molecule has 28 heavy (non-hydrogen) atoms. The van der Waals surface area contributed by atoms with Crippen LogP contribution in [0.2, 0.25) is 0 Å². The smallest absolute Gasteiger partial charge is 0.252 e. The van der Waals surface area contributed by atoms with E-state index < -0.39 is 0 Å². The van der Waals surface area contributed by atoms with Crippen LogP contribution in [0.4, 0.5) is 0 Å². The molecule has 3 aromatic rings. The Bertz CT molecular complexity index is 1040. The third kappa shape index (κ3) is 3.47. The molecule has 144 valence electrons. The molecule has 0 bridgehead atoms. The maximum absolute atomic E-state index is 13.0. The number of H-pyrrole nitrogens is 1. The fraction of sp³-hybridized carbons (Fsp3) is 0.333. The highest BCUT2D eigenvalue weighted by atomic mass is 16.3. The summed E-state index contributed by atoms with van der Waals surface area (Å²) in [5.74, 6) is 0.452. The highest BCUT2D eigenvalue weighted by molar-refractivity contribution is 6.07. The van der Waals surface area contributed by atoms with Gasteiger partial charge in [-0.1, -0.05) is 6.92 Å². The van der Waals surface area contributed by atoms with Gasteiger partial charge in [-0.3, -0.25) is 14.7 Å². The Morgan fingerprint density at radius 2 is 2.11 bits per heavy atom. The van der Waals surface area contributed by atoms with Crippen molar-refractivity contribution >= 4 is 22.7 Å². The molecule has 7 heteroatoms. The molecule has 2 heterocycles.